The predicted molar refractivity (Wildman–Crippen MR) is 61.5 cm³/mol. The lowest BCUT2D eigenvalue weighted by Crippen LogP contribution is -2.24. The Morgan fingerprint density at radius 1 is 1.14 bits per heavy atom. The Balaban J connectivity index is 3.02. The zero-order chi connectivity index (χ0) is 10.7. The van der Waals surface area contributed by atoms with Gasteiger partial charge in [0.05, 0.1) is 0 Å². The molecule has 0 aliphatic rings. The van der Waals surface area contributed by atoms with Gasteiger partial charge in [0, 0.05) is 12.6 Å². The largest absolute Gasteiger partial charge is 0.323 e. The summed E-state index contributed by atoms with van der Waals surface area (Å²) in [5.41, 5.74) is 11.3. The fourth-order valence-corrected chi connectivity index (χ4v) is 1.71. The molecule has 1 aromatic carbocycles. The number of nitrogens with two attached hydrogens (primary N) is 1. The third kappa shape index (κ3) is 2.34. The van der Waals surface area contributed by atoms with Crippen molar-refractivity contribution in [1.82, 2.24) is 5.32 Å². The maximum atomic E-state index is 6.06. The molecule has 0 aliphatic carbocycles. The number of rotatable bonds is 3. The van der Waals surface area contributed by atoms with E-state index in [1.165, 1.54) is 22.3 Å². The lowest BCUT2D eigenvalue weighted by molar-refractivity contribution is 0.649. The summed E-state index contributed by atoms with van der Waals surface area (Å²) in [6.07, 6.45) is 0. The topological polar surface area (TPSA) is 38.0 Å². The van der Waals surface area contributed by atoms with Crippen molar-refractivity contribution in [3.63, 3.8) is 0 Å². The van der Waals surface area contributed by atoms with Gasteiger partial charge in [-0.1, -0.05) is 12.1 Å². The first kappa shape index (κ1) is 11.2. The zero-order valence-corrected chi connectivity index (χ0v) is 9.52. The van der Waals surface area contributed by atoms with Crippen LogP contribution in [0.1, 0.15) is 28.3 Å². The first-order valence-corrected chi connectivity index (χ1v) is 5.04. The van der Waals surface area contributed by atoms with E-state index in [4.69, 9.17) is 5.73 Å². The molecule has 0 heterocycles. The average Bonchev–Trinajstić information content (AvgIpc) is 2.11. The van der Waals surface area contributed by atoms with E-state index >= 15 is 0 Å². The van der Waals surface area contributed by atoms with Crippen molar-refractivity contribution in [3.8, 4) is 0 Å². The number of benzene rings is 1. The highest BCUT2D eigenvalue weighted by Crippen LogP contribution is 2.19. The molecule has 0 fully saturated rings. The predicted octanol–water partition coefficient (Wildman–Crippen LogP) is 1.83. The van der Waals surface area contributed by atoms with Crippen LogP contribution in [0.5, 0.6) is 0 Å². The minimum atomic E-state index is 0.0966. The molecule has 0 amide bonds. The summed E-state index contributed by atoms with van der Waals surface area (Å²) in [4.78, 5) is 0. The van der Waals surface area contributed by atoms with Crippen LogP contribution in [0.2, 0.25) is 0 Å². The van der Waals surface area contributed by atoms with E-state index in [9.17, 15) is 0 Å². The Morgan fingerprint density at radius 2 is 1.71 bits per heavy atom. The van der Waals surface area contributed by atoms with Gasteiger partial charge in [0.2, 0.25) is 0 Å². The van der Waals surface area contributed by atoms with Crippen molar-refractivity contribution in [2.24, 2.45) is 5.73 Å². The van der Waals surface area contributed by atoms with Crippen molar-refractivity contribution < 1.29 is 0 Å². The standard InChI is InChI=1S/C12H20N2/c1-8-5-10(3)11(6-9(8)2)12(13)7-14-4/h5-6,12,14H,7,13H2,1-4H3. The van der Waals surface area contributed by atoms with E-state index in [0.717, 1.165) is 6.54 Å². The number of nitrogens with one attached hydrogen (secondary N) is 1. The highest BCUT2D eigenvalue weighted by atomic mass is 14.9. The molecule has 78 valence electrons. The van der Waals surface area contributed by atoms with E-state index in [-0.39, 0.29) is 6.04 Å². The molecular formula is C12H20N2. The first-order chi connectivity index (χ1) is 6.56. The van der Waals surface area contributed by atoms with Crippen molar-refractivity contribution in [2.45, 2.75) is 26.8 Å². The van der Waals surface area contributed by atoms with Crippen LogP contribution in [0, 0.1) is 20.8 Å². The van der Waals surface area contributed by atoms with Gasteiger partial charge in [-0.15, -0.1) is 0 Å². The fourth-order valence-electron chi connectivity index (χ4n) is 1.71. The van der Waals surface area contributed by atoms with E-state index in [1.54, 1.807) is 0 Å². The fraction of sp³-hybridized carbons (Fsp3) is 0.500. The molecule has 0 radical (unpaired) electrons. The van der Waals surface area contributed by atoms with Gasteiger partial charge in [0.25, 0.3) is 0 Å². The summed E-state index contributed by atoms with van der Waals surface area (Å²) < 4.78 is 0. The van der Waals surface area contributed by atoms with E-state index in [1.807, 2.05) is 7.05 Å². The smallest absolute Gasteiger partial charge is 0.0424 e. The van der Waals surface area contributed by atoms with Crippen LogP contribution >= 0.6 is 0 Å². The average molecular weight is 192 g/mol. The number of hydrogen-bond acceptors (Lipinski definition) is 2. The summed E-state index contributed by atoms with van der Waals surface area (Å²) in [6.45, 7) is 7.21. The molecule has 1 aromatic rings. The number of likely N-dealkylation sites (N-methyl/N-ethyl adjacent to an activating group) is 1. The Kier molecular flexibility index (Phi) is 3.67. The molecule has 1 atom stereocenters. The van der Waals surface area contributed by atoms with Crippen LogP contribution < -0.4 is 11.1 Å². The molecule has 0 saturated carbocycles. The lowest BCUT2D eigenvalue weighted by Gasteiger charge is -2.16. The van der Waals surface area contributed by atoms with E-state index in [2.05, 4.69) is 38.2 Å². The molecule has 0 bridgehead atoms. The van der Waals surface area contributed by atoms with E-state index < -0.39 is 0 Å². The van der Waals surface area contributed by atoms with Gasteiger partial charge in [-0.3, -0.25) is 0 Å². The van der Waals surface area contributed by atoms with Crippen molar-refractivity contribution >= 4 is 0 Å². The van der Waals surface area contributed by atoms with Gasteiger partial charge in [-0.25, -0.2) is 0 Å². The molecular weight excluding hydrogens is 172 g/mol. The zero-order valence-electron chi connectivity index (χ0n) is 9.52. The van der Waals surface area contributed by atoms with Gasteiger partial charge >= 0.3 is 0 Å². The molecule has 14 heavy (non-hydrogen) atoms. The second-order valence-corrected chi connectivity index (χ2v) is 3.96. The van der Waals surface area contributed by atoms with Gasteiger partial charge in [-0.05, 0) is 50.1 Å². The minimum Gasteiger partial charge on any atom is -0.323 e. The molecule has 2 nitrogen and oxygen atoms in total. The minimum absolute atomic E-state index is 0.0966. The molecule has 1 unspecified atom stereocenters. The Hall–Kier alpha value is -0.860. The quantitative estimate of drug-likeness (QED) is 0.766. The van der Waals surface area contributed by atoms with Gasteiger partial charge in [0.1, 0.15) is 0 Å². The van der Waals surface area contributed by atoms with Crippen LogP contribution in [0.15, 0.2) is 12.1 Å². The van der Waals surface area contributed by atoms with Crippen molar-refractivity contribution in [2.75, 3.05) is 13.6 Å². The van der Waals surface area contributed by atoms with Crippen LogP contribution in [0.25, 0.3) is 0 Å². The SMILES string of the molecule is CNCC(N)c1cc(C)c(C)cc1C. The maximum absolute atomic E-state index is 6.06. The summed E-state index contributed by atoms with van der Waals surface area (Å²) in [5.74, 6) is 0. The molecule has 2 heteroatoms. The molecule has 1 rings (SSSR count). The molecule has 0 aromatic heterocycles. The summed E-state index contributed by atoms with van der Waals surface area (Å²) in [6, 6.07) is 4.51. The normalized spacial score (nSPS) is 12.9. The van der Waals surface area contributed by atoms with Crippen molar-refractivity contribution in [1.29, 1.82) is 0 Å². The third-order valence-electron chi connectivity index (χ3n) is 2.71. The second kappa shape index (κ2) is 4.58. The Morgan fingerprint density at radius 3 is 2.29 bits per heavy atom. The summed E-state index contributed by atoms with van der Waals surface area (Å²) >= 11 is 0. The van der Waals surface area contributed by atoms with E-state index in [0.29, 0.717) is 0 Å². The second-order valence-electron chi connectivity index (χ2n) is 3.96. The highest BCUT2D eigenvalue weighted by molar-refractivity contribution is 5.38. The van der Waals surface area contributed by atoms with Crippen LogP contribution in [-0.2, 0) is 0 Å². The molecule has 0 spiro atoms. The van der Waals surface area contributed by atoms with Gasteiger partial charge < -0.3 is 11.1 Å². The molecule has 0 saturated heterocycles. The van der Waals surface area contributed by atoms with Crippen LogP contribution in [0.4, 0.5) is 0 Å². The first-order valence-electron chi connectivity index (χ1n) is 5.04. The van der Waals surface area contributed by atoms with Crippen LogP contribution in [-0.4, -0.2) is 13.6 Å². The third-order valence-corrected chi connectivity index (χ3v) is 2.71. The highest BCUT2D eigenvalue weighted by Gasteiger charge is 2.09. The van der Waals surface area contributed by atoms with Crippen molar-refractivity contribution in [3.05, 3.63) is 34.4 Å². The molecule has 3 N–H and O–H groups in total. The number of aryl methyl sites for hydroxylation is 3. The molecule has 0 aliphatic heterocycles. The maximum Gasteiger partial charge on any atom is 0.0424 e. The monoisotopic (exact) mass is 192 g/mol. The van der Waals surface area contributed by atoms with Gasteiger partial charge in [0.15, 0.2) is 0 Å². The summed E-state index contributed by atoms with van der Waals surface area (Å²) in [5, 5.41) is 3.10. The Labute approximate surface area is 86.5 Å². The summed E-state index contributed by atoms with van der Waals surface area (Å²) in [7, 11) is 1.93. The van der Waals surface area contributed by atoms with Crippen LogP contribution in [0.3, 0.4) is 0 Å². The lowest BCUT2D eigenvalue weighted by atomic mass is 9.96. The van der Waals surface area contributed by atoms with Gasteiger partial charge in [-0.2, -0.15) is 0 Å². The Bertz CT molecular complexity index is 318. The number of hydrogen-bond donors (Lipinski definition) is 2.